The van der Waals surface area contributed by atoms with E-state index in [1.165, 1.54) is 6.42 Å². The fraction of sp³-hybridized carbons (Fsp3) is 0.577. The van der Waals surface area contributed by atoms with E-state index in [-0.39, 0.29) is 23.3 Å². The topological polar surface area (TPSA) is 90.1 Å². The second-order valence-electron chi connectivity index (χ2n) is 10.4. The molecule has 1 fully saturated rings. The Labute approximate surface area is 197 Å². The summed E-state index contributed by atoms with van der Waals surface area (Å²) in [4.78, 5) is 36.1. The van der Waals surface area contributed by atoms with E-state index in [2.05, 4.69) is 52.9 Å². The first kappa shape index (κ1) is 24.8. The molecule has 2 heterocycles. The predicted octanol–water partition coefficient (Wildman–Crippen LogP) is 4.44. The SMILES string of the molecule is C=C(C[C@H](NC(=O)CCC(C)(C)C)C(=O)N[C@@H](C)c1nc2ccccc2[nH]1)N1CCCCC1. The molecule has 7 nitrogen and oxygen atoms in total. The highest BCUT2D eigenvalue weighted by atomic mass is 16.2. The van der Waals surface area contributed by atoms with E-state index >= 15 is 0 Å². The Morgan fingerprint density at radius 3 is 2.52 bits per heavy atom. The summed E-state index contributed by atoms with van der Waals surface area (Å²) in [5, 5.41) is 6.01. The number of amides is 2. The number of para-hydroxylation sites is 2. The van der Waals surface area contributed by atoms with Crippen molar-refractivity contribution in [3.63, 3.8) is 0 Å². The average Bonchev–Trinajstić information content (AvgIpc) is 3.22. The number of nitrogens with zero attached hydrogens (tertiary/aromatic N) is 2. The van der Waals surface area contributed by atoms with Crippen LogP contribution >= 0.6 is 0 Å². The first-order valence-corrected chi connectivity index (χ1v) is 12.1. The van der Waals surface area contributed by atoms with Gasteiger partial charge in [0, 0.05) is 31.6 Å². The van der Waals surface area contributed by atoms with Gasteiger partial charge in [0.15, 0.2) is 0 Å². The van der Waals surface area contributed by atoms with Gasteiger partial charge in [-0.1, -0.05) is 39.5 Å². The fourth-order valence-corrected chi connectivity index (χ4v) is 4.10. The van der Waals surface area contributed by atoms with E-state index in [0.717, 1.165) is 49.1 Å². The minimum absolute atomic E-state index is 0.0578. The zero-order valence-corrected chi connectivity index (χ0v) is 20.5. The zero-order chi connectivity index (χ0) is 24.0. The highest BCUT2D eigenvalue weighted by molar-refractivity contribution is 5.88. The minimum atomic E-state index is -0.668. The molecule has 1 saturated heterocycles. The standard InChI is InChI=1S/C26H39N5O2/c1-18(31-15-9-6-10-16-31)17-22(28-23(32)13-14-26(3,4)5)25(33)27-19(2)24-29-20-11-7-8-12-21(20)30-24/h7-8,11-12,19,22H,1,6,9-10,13-17H2,2-5H3,(H,27,33)(H,28,32)(H,29,30)/t19-,22-/m0/s1. The van der Waals surface area contributed by atoms with Crippen LogP contribution in [0.2, 0.25) is 0 Å². The van der Waals surface area contributed by atoms with Crippen molar-refractivity contribution in [2.45, 2.75) is 78.3 Å². The van der Waals surface area contributed by atoms with Crippen molar-refractivity contribution in [1.82, 2.24) is 25.5 Å². The van der Waals surface area contributed by atoms with Gasteiger partial charge in [-0.05, 0) is 50.2 Å². The van der Waals surface area contributed by atoms with Crippen LogP contribution in [0.15, 0.2) is 36.5 Å². The van der Waals surface area contributed by atoms with Crippen LogP contribution in [0.1, 0.15) is 78.1 Å². The molecule has 3 rings (SSSR count). The number of imidazole rings is 1. The van der Waals surface area contributed by atoms with Crippen LogP contribution < -0.4 is 10.6 Å². The molecule has 1 aromatic carbocycles. The number of nitrogens with one attached hydrogen (secondary N) is 3. The van der Waals surface area contributed by atoms with Gasteiger partial charge in [0.05, 0.1) is 17.1 Å². The van der Waals surface area contributed by atoms with Crippen molar-refractivity contribution in [1.29, 1.82) is 0 Å². The molecule has 1 aromatic heterocycles. The third kappa shape index (κ3) is 7.34. The van der Waals surface area contributed by atoms with Gasteiger partial charge < -0.3 is 20.5 Å². The highest BCUT2D eigenvalue weighted by Gasteiger charge is 2.26. The van der Waals surface area contributed by atoms with Gasteiger partial charge in [0.2, 0.25) is 11.8 Å². The summed E-state index contributed by atoms with van der Waals surface area (Å²) in [5.41, 5.74) is 2.75. The van der Waals surface area contributed by atoms with Gasteiger partial charge in [-0.25, -0.2) is 4.98 Å². The van der Waals surface area contributed by atoms with Crippen molar-refractivity contribution in [2.24, 2.45) is 5.41 Å². The van der Waals surface area contributed by atoms with Crippen LogP contribution in [0, 0.1) is 5.41 Å². The number of carbonyl (C=O) groups is 2. The zero-order valence-electron chi connectivity index (χ0n) is 20.5. The Morgan fingerprint density at radius 1 is 1.15 bits per heavy atom. The maximum absolute atomic E-state index is 13.3. The lowest BCUT2D eigenvalue weighted by molar-refractivity contribution is -0.129. The molecule has 1 aliphatic heterocycles. The first-order chi connectivity index (χ1) is 15.6. The van der Waals surface area contributed by atoms with Gasteiger partial charge in [-0.3, -0.25) is 9.59 Å². The number of aromatic nitrogens is 2. The Morgan fingerprint density at radius 2 is 1.85 bits per heavy atom. The number of fused-ring (bicyclic) bond motifs is 1. The molecule has 0 aliphatic carbocycles. The van der Waals surface area contributed by atoms with E-state index in [4.69, 9.17) is 0 Å². The van der Waals surface area contributed by atoms with Crippen molar-refractivity contribution in [2.75, 3.05) is 13.1 Å². The Bertz CT molecular complexity index is 935. The maximum Gasteiger partial charge on any atom is 0.243 e. The molecule has 2 amide bonds. The van der Waals surface area contributed by atoms with E-state index in [1.807, 2.05) is 31.2 Å². The molecule has 2 atom stereocenters. The molecule has 33 heavy (non-hydrogen) atoms. The van der Waals surface area contributed by atoms with Crippen LogP contribution in [-0.2, 0) is 9.59 Å². The number of hydrogen-bond acceptors (Lipinski definition) is 4. The molecule has 2 aromatic rings. The van der Waals surface area contributed by atoms with E-state index in [9.17, 15) is 9.59 Å². The summed E-state index contributed by atoms with van der Waals surface area (Å²) >= 11 is 0. The maximum atomic E-state index is 13.3. The molecule has 0 unspecified atom stereocenters. The molecule has 0 bridgehead atoms. The molecule has 0 spiro atoms. The number of hydrogen-bond donors (Lipinski definition) is 3. The average molecular weight is 454 g/mol. The van der Waals surface area contributed by atoms with E-state index in [1.54, 1.807) is 0 Å². The predicted molar refractivity (Wildman–Crippen MR) is 132 cm³/mol. The van der Waals surface area contributed by atoms with Gasteiger partial charge >= 0.3 is 0 Å². The molecule has 180 valence electrons. The van der Waals surface area contributed by atoms with Gasteiger partial charge in [0.25, 0.3) is 0 Å². The molecular weight excluding hydrogens is 414 g/mol. The van der Waals surface area contributed by atoms with Crippen molar-refractivity contribution in [3.05, 3.63) is 42.4 Å². The van der Waals surface area contributed by atoms with E-state index in [0.29, 0.717) is 18.7 Å². The van der Waals surface area contributed by atoms with Crippen molar-refractivity contribution >= 4 is 22.8 Å². The Balaban J connectivity index is 1.68. The summed E-state index contributed by atoms with van der Waals surface area (Å²) in [6, 6.07) is 6.79. The van der Waals surface area contributed by atoms with Crippen LogP contribution in [-0.4, -0.2) is 45.8 Å². The van der Waals surface area contributed by atoms with Crippen LogP contribution in [0.25, 0.3) is 11.0 Å². The van der Waals surface area contributed by atoms with Gasteiger partial charge in [0.1, 0.15) is 11.9 Å². The number of aromatic amines is 1. The molecule has 0 saturated carbocycles. The number of carbonyl (C=O) groups excluding carboxylic acids is 2. The summed E-state index contributed by atoms with van der Waals surface area (Å²) < 4.78 is 0. The third-order valence-electron chi connectivity index (χ3n) is 6.17. The van der Waals surface area contributed by atoms with Crippen LogP contribution in [0.5, 0.6) is 0 Å². The lowest BCUT2D eigenvalue weighted by Gasteiger charge is -2.32. The second kappa shape index (κ2) is 10.9. The summed E-state index contributed by atoms with van der Waals surface area (Å²) in [5.74, 6) is 0.371. The summed E-state index contributed by atoms with van der Waals surface area (Å²) in [6.45, 7) is 14.4. The largest absolute Gasteiger partial charge is 0.375 e. The van der Waals surface area contributed by atoms with Crippen LogP contribution in [0.3, 0.4) is 0 Å². The Hall–Kier alpha value is -2.83. The molecule has 3 N–H and O–H groups in total. The van der Waals surface area contributed by atoms with Crippen molar-refractivity contribution < 1.29 is 9.59 Å². The summed E-state index contributed by atoms with van der Waals surface area (Å²) in [6.07, 6.45) is 5.05. The molecular formula is C26H39N5O2. The smallest absolute Gasteiger partial charge is 0.243 e. The number of H-pyrrole nitrogens is 1. The number of piperidine rings is 1. The number of rotatable bonds is 9. The monoisotopic (exact) mass is 453 g/mol. The highest BCUT2D eigenvalue weighted by Crippen LogP contribution is 2.22. The fourth-order valence-electron chi connectivity index (χ4n) is 4.10. The lowest BCUT2D eigenvalue weighted by Crippen LogP contribution is -2.48. The first-order valence-electron chi connectivity index (χ1n) is 12.1. The van der Waals surface area contributed by atoms with E-state index < -0.39 is 6.04 Å². The lowest BCUT2D eigenvalue weighted by atomic mass is 9.90. The van der Waals surface area contributed by atoms with Gasteiger partial charge in [-0.15, -0.1) is 0 Å². The van der Waals surface area contributed by atoms with Gasteiger partial charge in [-0.2, -0.15) is 0 Å². The second-order valence-corrected chi connectivity index (χ2v) is 10.4. The van der Waals surface area contributed by atoms with Crippen molar-refractivity contribution in [3.8, 4) is 0 Å². The molecule has 0 radical (unpaired) electrons. The third-order valence-corrected chi connectivity index (χ3v) is 6.17. The number of likely N-dealkylation sites (tertiary alicyclic amines) is 1. The number of benzene rings is 1. The normalized spacial score (nSPS) is 16.3. The quantitative estimate of drug-likeness (QED) is 0.524. The Kier molecular flexibility index (Phi) is 8.16. The summed E-state index contributed by atoms with van der Waals surface area (Å²) in [7, 11) is 0. The molecule has 7 heteroatoms. The minimum Gasteiger partial charge on any atom is -0.375 e. The molecule has 1 aliphatic rings. The van der Waals surface area contributed by atoms with Crippen LogP contribution in [0.4, 0.5) is 0 Å².